The third kappa shape index (κ3) is 3.16. The van der Waals surface area contributed by atoms with E-state index in [-0.39, 0.29) is 11.7 Å². The van der Waals surface area contributed by atoms with E-state index in [1.807, 2.05) is 13.0 Å². The molecule has 1 amide bonds. The van der Waals surface area contributed by atoms with Gasteiger partial charge in [0.05, 0.1) is 16.6 Å². The largest absolute Gasteiger partial charge is 0.335 e. The lowest BCUT2D eigenvalue weighted by atomic mass is 10.0. The van der Waals surface area contributed by atoms with E-state index in [0.29, 0.717) is 39.7 Å². The van der Waals surface area contributed by atoms with Crippen LogP contribution in [0.5, 0.6) is 0 Å². The molecular weight excluding hydrogens is 373 g/mol. The van der Waals surface area contributed by atoms with Crippen LogP contribution in [-0.4, -0.2) is 25.8 Å². The summed E-state index contributed by atoms with van der Waals surface area (Å²) in [5.41, 5.74) is 3.47. The topological polar surface area (TPSA) is 85.8 Å². The van der Waals surface area contributed by atoms with Crippen molar-refractivity contribution in [3.05, 3.63) is 59.2 Å². The van der Waals surface area contributed by atoms with Crippen molar-refractivity contribution in [3.8, 4) is 11.3 Å². The highest BCUT2D eigenvalue weighted by molar-refractivity contribution is 6.14. The van der Waals surface area contributed by atoms with E-state index in [2.05, 4.69) is 20.6 Å². The number of nitrogens with one attached hydrogen (secondary N) is 1. The Labute approximate surface area is 165 Å². The smallest absolute Gasteiger partial charge is 0.259 e. The second kappa shape index (κ2) is 6.51. The highest BCUT2D eigenvalue weighted by Crippen LogP contribution is 2.41. The van der Waals surface area contributed by atoms with E-state index < -0.39 is 0 Å². The van der Waals surface area contributed by atoms with Crippen molar-refractivity contribution in [1.82, 2.24) is 19.9 Å². The van der Waals surface area contributed by atoms with Crippen LogP contribution in [0.3, 0.4) is 0 Å². The van der Waals surface area contributed by atoms with Crippen LogP contribution in [0.25, 0.3) is 22.4 Å². The summed E-state index contributed by atoms with van der Waals surface area (Å²) in [5, 5.41) is 11.8. The molecule has 0 unspecified atom stereocenters. The number of amides is 1. The van der Waals surface area contributed by atoms with Crippen LogP contribution in [0.4, 0.5) is 10.2 Å². The van der Waals surface area contributed by atoms with E-state index in [9.17, 15) is 9.18 Å². The van der Waals surface area contributed by atoms with E-state index in [0.717, 1.165) is 24.2 Å². The predicted molar refractivity (Wildman–Crippen MR) is 105 cm³/mol. The van der Waals surface area contributed by atoms with E-state index in [1.165, 1.54) is 12.1 Å². The summed E-state index contributed by atoms with van der Waals surface area (Å²) in [5.74, 6) is 0.281. The van der Waals surface area contributed by atoms with Crippen molar-refractivity contribution in [2.45, 2.75) is 25.7 Å². The molecule has 5 rings (SSSR count). The molecule has 0 atom stereocenters. The van der Waals surface area contributed by atoms with Crippen molar-refractivity contribution in [3.63, 3.8) is 0 Å². The third-order valence-corrected chi connectivity index (χ3v) is 5.07. The second-order valence-electron chi connectivity index (χ2n) is 7.34. The van der Waals surface area contributed by atoms with Gasteiger partial charge in [0.2, 0.25) is 0 Å². The maximum Gasteiger partial charge on any atom is 0.259 e. The standard InChI is InChI=1S/C21H18FN5O2/c1-11-9-17(27(2)25-11)24-20(28)15-10-16(12-3-4-12)23-21-18(15)19(26-29-21)13-5-7-14(22)8-6-13/h5-10,12H,3-4H2,1-2H3,(H,24,28). The van der Waals surface area contributed by atoms with Gasteiger partial charge in [-0.05, 0) is 50.1 Å². The Bertz CT molecular complexity index is 1240. The lowest BCUT2D eigenvalue weighted by Gasteiger charge is -2.08. The minimum atomic E-state index is -0.347. The van der Waals surface area contributed by atoms with Crippen LogP contribution in [-0.2, 0) is 7.05 Å². The molecule has 1 N–H and O–H groups in total. The number of anilines is 1. The number of nitrogens with zero attached hydrogens (tertiary/aromatic N) is 4. The SMILES string of the molecule is Cc1cc(NC(=O)c2cc(C3CC3)nc3onc(-c4ccc(F)cc4)c23)n(C)n1. The lowest BCUT2D eigenvalue weighted by molar-refractivity contribution is 0.102. The van der Waals surface area contributed by atoms with Gasteiger partial charge in [0.15, 0.2) is 0 Å². The van der Waals surface area contributed by atoms with Crippen LogP contribution in [0.15, 0.2) is 40.9 Å². The van der Waals surface area contributed by atoms with Gasteiger partial charge in [-0.25, -0.2) is 9.37 Å². The number of aromatic nitrogens is 4. The van der Waals surface area contributed by atoms with Gasteiger partial charge in [-0.3, -0.25) is 9.48 Å². The monoisotopic (exact) mass is 391 g/mol. The molecule has 0 aliphatic heterocycles. The van der Waals surface area contributed by atoms with E-state index >= 15 is 0 Å². The summed E-state index contributed by atoms with van der Waals surface area (Å²) in [6.07, 6.45) is 2.08. The Morgan fingerprint density at radius 1 is 1.24 bits per heavy atom. The van der Waals surface area contributed by atoms with Gasteiger partial charge in [-0.1, -0.05) is 5.16 Å². The molecule has 29 heavy (non-hydrogen) atoms. The molecule has 7 nitrogen and oxygen atoms in total. The second-order valence-corrected chi connectivity index (χ2v) is 7.34. The van der Waals surface area contributed by atoms with Gasteiger partial charge in [-0.2, -0.15) is 5.10 Å². The van der Waals surface area contributed by atoms with E-state index in [1.54, 1.807) is 29.9 Å². The molecule has 0 radical (unpaired) electrons. The molecule has 1 aliphatic rings. The Kier molecular flexibility index (Phi) is 3.94. The zero-order valence-corrected chi connectivity index (χ0v) is 15.9. The summed E-state index contributed by atoms with van der Waals surface area (Å²) in [4.78, 5) is 17.8. The highest BCUT2D eigenvalue weighted by Gasteiger charge is 2.29. The highest BCUT2D eigenvalue weighted by atomic mass is 19.1. The fourth-order valence-electron chi connectivity index (χ4n) is 3.45. The Balaban J connectivity index is 1.65. The number of carbonyl (C=O) groups is 1. The van der Waals surface area contributed by atoms with Crippen molar-refractivity contribution in [2.75, 3.05) is 5.32 Å². The zero-order chi connectivity index (χ0) is 20.1. The Hall–Kier alpha value is -3.55. The first-order valence-corrected chi connectivity index (χ1v) is 9.38. The fraction of sp³-hybridized carbons (Fsp3) is 0.238. The maximum atomic E-state index is 13.4. The number of hydrogen-bond donors (Lipinski definition) is 1. The number of pyridine rings is 1. The van der Waals surface area contributed by atoms with E-state index in [4.69, 9.17) is 4.52 Å². The molecule has 0 saturated heterocycles. The minimum Gasteiger partial charge on any atom is -0.335 e. The maximum absolute atomic E-state index is 13.4. The first-order valence-electron chi connectivity index (χ1n) is 9.38. The molecule has 146 valence electrons. The average Bonchev–Trinajstić information content (AvgIpc) is 3.39. The molecule has 8 heteroatoms. The summed E-state index contributed by atoms with van der Waals surface area (Å²) >= 11 is 0. The zero-order valence-electron chi connectivity index (χ0n) is 15.9. The van der Waals surface area contributed by atoms with Gasteiger partial charge in [0.25, 0.3) is 11.6 Å². The summed E-state index contributed by atoms with van der Waals surface area (Å²) in [7, 11) is 1.77. The molecule has 0 spiro atoms. The van der Waals surface area contributed by atoms with Crippen LogP contribution in [0.1, 0.15) is 40.5 Å². The normalized spacial score (nSPS) is 13.8. The number of halogens is 1. The summed E-state index contributed by atoms with van der Waals surface area (Å²) in [6.45, 7) is 1.86. The molecular formula is C21H18FN5O2. The van der Waals surface area contributed by atoms with Crippen molar-refractivity contribution in [2.24, 2.45) is 7.05 Å². The quantitative estimate of drug-likeness (QED) is 0.563. The molecule has 3 heterocycles. The summed E-state index contributed by atoms with van der Waals surface area (Å²) < 4.78 is 20.4. The molecule has 1 aliphatic carbocycles. The number of hydrogen-bond acceptors (Lipinski definition) is 5. The van der Waals surface area contributed by atoms with Crippen LogP contribution in [0, 0.1) is 12.7 Å². The lowest BCUT2D eigenvalue weighted by Crippen LogP contribution is -2.15. The predicted octanol–water partition coefficient (Wildman–Crippen LogP) is 4.20. The van der Waals surface area contributed by atoms with Gasteiger partial charge in [0, 0.05) is 30.3 Å². The van der Waals surface area contributed by atoms with Crippen LogP contribution >= 0.6 is 0 Å². The van der Waals surface area contributed by atoms with Crippen molar-refractivity contribution < 1.29 is 13.7 Å². The Morgan fingerprint density at radius 3 is 2.66 bits per heavy atom. The fourth-order valence-corrected chi connectivity index (χ4v) is 3.45. The molecule has 1 aromatic carbocycles. The molecule has 4 aromatic rings. The summed E-state index contributed by atoms with van der Waals surface area (Å²) in [6, 6.07) is 9.51. The number of carbonyl (C=O) groups excluding carboxylic acids is 1. The van der Waals surface area contributed by atoms with Crippen LogP contribution < -0.4 is 5.32 Å². The van der Waals surface area contributed by atoms with Gasteiger partial charge < -0.3 is 9.84 Å². The van der Waals surface area contributed by atoms with Gasteiger partial charge in [0.1, 0.15) is 17.3 Å². The minimum absolute atomic E-state index is 0.297. The number of fused-ring (bicyclic) bond motifs is 1. The third-order valence-electron chi connectivity index (χ3n) is 5.07. The molecule has 1 saturated carbocycles. The van der Waals surface area contributed by atoms with Crippen molar-refractivity contribution >= 4 is 22.8 Å². The molecule has 1 fully saturated rings. The Morgan fingerprint density at radius 2 is 2.00 bits per heavy atom. The van der Waals surface area contributed by atoms with Crippen molar-refractivity contribution in [1.29, 1.82) is 0 Å². The van der Waals surface area contributed by atoms with Gasteiger partial charge >= 0.3 is 0 Å². The number of rotatable bonds is 4. The molecule has 3 aromatic heterocycles. The number of benzene rings is 1. The number of aryl methyl sites for hydroxylation is 2. The van der Waals surface area contributed by atoms with Gasteiger partial charge in [-0.15, -0.1) is 0 Å². The first kappa shape index (κ1) is 17.5. The first-order chi connectivity index (χ1) is 14.0. The average molecular weight is 391 g/mol. The molecule has 0 bridgehead atoms. The van der Waals surface area contributed by atoms with Crippen LogP contribution in [0.2, 0.25) is 0 Å².